The number of ether oxygens (including phenoxy) is 3. The van der Waals surface area contributed by atoms with E-state index in [-0.39, 0.29) is 16.7 Å². The van der Waals surface area contributed by atoms with Crippen LogP contribution in [0.1, 0.15) is 47.1 Å². The summed E-state index contributed by atoms with van der Waals surface area (Å²) in [6, 6.07) is 15.8. The highest BCUT2D eigenvalue weighted by Crippen LogP contribution is 2.37. The van der Waals surface area contributed by atoms with Gasteiger partial charge in [0, 0.05) is 48.5 Å². The Labute approximate surface area is 244 Å². The number of rotatable bonds is 11. The number of aromatic nitrogens is 3. The minimum absolute atomic E-state index is 0.0442. The number of sulfonamides is 1. The van der Waals surface area contributed by atoms with E-state index in [2.05, 4.69) is 19.9 Å². The second kappa shape index (κ2) is 12.6. The number of hydrogen-bond acceptors (Lipinski definition) is 9. The van der Waals surface area contributed by atoms with Gasteiger partial charge in [-0.15, -0.1) is 0 Å². The minimum Gasteiger partial charge on any atom is -0.493 e. The first-order chi connectivity index (χ1) is 20.3. The summed E-state index contributed by atoms with van der Waals surface area (Å²) in [7, 11) is -2.56. The van der Waals surface area contributed by atoms with Gasteiger partial charge in [0.1, 0.15) is 0 Å². The molecule has 42 heavy (non-hydrogen) atoms. The molecule has 1 aliphatic rings. The van der Waals surface area contributed by atoms with Gasteiger partial charge < -0.3 is 19.1 Å². The lowest BCUT2D eigenvalue weighted by molar-refractivity contribution is -0.0402. The summed E-state index contributed by atoms with van der Waals surface area (Å²) < 4.78 is 45.8. The van der Waals surface area contributed by atoms with E-state index in [0.717, 1.165) is 29.8 Å². The molecule has 0 bridgehead atoms. The summed E-state index contributed by atoms with van der Waals surface area (Å²) in [5, 5.41) is 6.82. The van der Waals surface area contributed by atoms with Crippen LogP contribution in [-0.4, -0.2) is 49.5 Å². The van der Waals surface area contributed by atoms with Crippen LogP contribution in [-0.2, 0) is 27.7 Å². The third kappa shape index (κ3) is 6.39. The summed E-state index contributed by atoms with van der Waals surface area (Å²) in [6.07, 6.45) is 5.34. The summed E-state index contributed by atoms with van der Waals surface area (Å²) >= 11 is 0. The van der Waals surface area contributed by atoms with Crippen molar-refractivity contribution in [3.8, 4) is 11.5 Å². The van der Waals surface area contributed by atoms with Gasteiger partial charge in [-0.25, -0.2) is 13.1 Å². The van der Waals surface area contributed by atoms with Crippen LogP contribution in [0.3, 0.4) is 0 Å². The van der Waals surface area contributed by atoms with Crippen LogP contribution >= 0.6 is 0 Å². The van der Waals surface area contributed by atoms with Crippen molar-refractivity contribution >= 4 is 27.3 Å². The van der Waals surface area contributed by atoms with Gasteiger partial charge in [0.2, 0.25) is 0 Å². The second-order valence-electron chi connectivity index (χ2n) is 9.80. The Morgan fingerprint density at radius 1 is 1.14 bits per heavy atom. The lowest BCUT2D eigenvalue weighted by atomic mass is 10.1. The number of H-pyrrole nitrogens is 1. The van der Waals surface area contributed by atoms with Gasteiger partial charge in [-0.2, -0.15) is 5.10 Å². The Balaban J connectivity index is 1.44. The highest BCUT2D eigenvalue weighted by molar-refractivity contribution is 7.90. The maximum Gasteiger partial charge on any atom is 0.268 e. The van der Waals surface area contributed by atoms with Gasteiger partial charge in [0.05, 0.1) is 29.9 Å². The first kappa shape index (κ1) is 29.1. The van der Waals surface area contributed by atoms with Crippen LogP contribution in [0.5, 0.6) is 11.5 Å². The smallest absolute Gasteiger partial charge is 0.268 e. The van der Waals surface area contributed by atoms with E-state index in [0.29, 0.717) is 42.5 Å². The number of hydrogen-bond donors (Lipinski definition) is 2. The Morgan fingerprint density at radius 3 is 2.60 bits per heavy atom. The number of anilines is 2. The van der Waals surface area contributed by atoms with Crippen LogP contribution in [0.4, 0.5) is 11.4 Å². The molecule has 2 aromatic heterocycles. The molecule has 3 heterocycles. The molecule has 1 aliphatic heterocycles. The van der Waals surface area contributed by atoms with Crippen LogP contribution in [0.25, 0.3) is 0 Å². The molecule has 1 atom stereocenters. The highest BCUT2D eigenvalue weighted by Gasteiger charge is 2.25. The zero-order valence-corrected chi connectivity index (χ0v) is 24.5. The lowest BCUT2D eigenvalue weighted by Crippen LogP contribution is -2.31. The maximum atomic E-state index is 13.1. The number of pyridine rings is 1. The van der Waals surface area contributed by atoms with Gasteiger partial charge in [-0.1, -0.05) is 13.0 Å². The van der Waals surface area contributed by atoms with Crippen molar-refractivity contribution in [2.75, 3.05) is 18.6 Å². The number of aromatic amines is 1. The normalized spacial score (nSPS) is 14.9. The van der Waals surface area contributed by atoms with E-state index < -0.39 is 15.9 Å². The molecule has 11 nitrogen and oxygen atoms in total. The number of nitrogens with one attached hydrogen (secondary N) is 2. The summed E-state index contributed by atoms with van der Waals surface area (Å²) in [6.45, 7) is 4.62. The fourth-order valence-corrected chi connectivity index (χ4v) is 5.75. The number of aryl methyl sites for hydroxylation is 2. The molecule has 1 unspecified atom stereocenters. The first-order valence-corrected chi connectivity index (χ1v) is 15.1. The molecule has 2 N–H and O–H groups in total. The monoisotopic (exact) mass is 591 g/mol. The zero-order valence-electron chi connectivity index (χ0n) is 23.7. The van der Waals surface area contributed by atoms with E-state index in [4.69, 9.17) is 14.2 Å². The molecular formula is C30H33N5O6S. The third-order valence-electron chi connectivity index (χ3n) is 6.94. The summed E-state index contributed by atoms with van der Waals surface area (Å²) in [5.41, 5.74) is 3.70. The Kier molecular flexibility index (Phi) is 8.74. The van der Waals surface area contributed by atoms with Gasteiger partial charge in [-0.3, -0.25) is 14.9 Å². The molecule has 0 aliphatic carbocycles. The second-order valence-corrected chi connectivity index (χ2v) is 11.5. The van der Waals surface area contributed by atoms with Crippen molar-refractivity contribution in [1.29, 1.82) is 0 Å². The van der Waals surface area contributed by atoms with Gasteiger partial charge in [-0.05, 0) is 67.8 Å². The van der Waals surface area contributed by atoms with Crippen molar-refractivity contribution in [2.24, 2.45) is 0 Å². The first-order valence-electron chi connectivity index (χ1n) is 13.6. The van der Waals surface area contributed by atoms with Crippen molar-refractivity contribution < 1.29 is 27.4 Å². The highest BCUT2D eigenvalue weighted by atomic mass is 32.2. The SMILES string of the molecule is CCc1n[nH]c(C)c1C(=O)NS(=O)(=O)c1ccc(N(Cc2cccnc2)c2ccc(OC)c(OC3CCCO3)c2)cc1. The molecule has 1 fully saturated rings. The standard InChI is InChI=1S/C30H33N5O6S/c1-4-25-29(20(2)32-33-25)30(36)34-42(37,38)24-12-9-22(10-13-24)35(19-21-7-5-15-31-18-21)23-11-14-26(39-3)27(17-23)41-28-8-6-16-40-28/h5,7,9-15,17-18,28H,4,6,8,16,19H2,1-3H3,(H,32,33)(H,34,36). The predicted octanol–water partition coefficient (Wildman–Crippen LogP) is 4.66. The minimum atomic E-state index is -4.14. The number of benzene rings is 2. The van der Waals surface area contributed by atoms with Crippen LogP contribution < -0.4 is 19.1 Å². The van der Waals surface area contributed by atoms with Gasteiger partial charge in [0.15, 0.2) is 17.8 Å². The fourth-order valence-electron chi connectivity index (χ4n) is 4.79. The average molecular weight is 592 g/mol. The Morgan fingerprint density at radius 2 is 1.93 bits per heavy atom. The Bertz CT molecular complexity index is 1630. The van der Waals surface area contributed by atoms with Crippen LogP contribution in [0, 0.1) is 6.92 Å². The molecule has 0 spiro atoms. The van der Waals surface area contributed by atoms with Crippen molar-refractivity contribution in [2.45, 2.75) is 50.8 Å². The molecule has 2 aromatic carbocycles. The molecule has 0 radical (unpaired) electrons. The molecule has 5 rings (SSSR count). The largest absolute Gasteiger partial charge is 0.493 e. The number of carbonyl (C=O) groups is 1. The van der Waals surface area contributed by atoms with Gasteiger partial charge in [0.25, 0.3) is 15.9 Å². The molecule has 1 saturated heterocycles. The fraction of sp³-hybridized carbons (Fsp3) is 0.300. The van der Waals surface area contributed by atoms with Crippen molar-refractivity contribution in [3.05, 3.63) is 89.5 Å². The molecular weight excluding hydrogens is 558 g/mol. The molecule has 0 saturated carbocycles. The van der Waals surface area contributed by atoms with Gasteiger partial charge >= 0.3 is 0 Å². The van der Waals surface area contributed by atoms with Crippen molar-refractivity contribution in [1.82, 2.24) is 19.9 Å². The van der Waals surface area contributed by atoms with E-state index >= 15 is 0 Å². The topological polar surface area (TPSA) is 136 Å². The van der Waals surface area contributed by atoms with E-state index in [1.54, 1.807) is 38.6 Å². The quantitative estimate of drug-likeness (QED) is 0.255. The van der Waals surface area contributed by atoms with Crippen molar-refractivity contribution in [3.63, 3.8) is 0 Å². The lowest BCUT2D eigenvalue weighted by Gasteiger charge is -2.27. The molecule has 12 heteroatoms. The number of amides is 1. The number of methoxy groups -OCH3 is 1. The molecule has 4 aromatic rings. The molecule has 1 amide bonds. The van der Waals surface area contributed by atoms with E-state index in [9.17, 15) is 13.2 Å². The summed E-state index contributed by atoms with van der Waals surface area (Å²) in [5.74, 6) is 0.394. The Hall–Kier alpha value is -4.42. The number of carbonyl (C=O) groups excluding carboxylic acids is 1. The third-order valence-corrected chi connectivity index (χ3v) is 8.29. The van der Waals surface area contributed by atoms with E-state index in [1.165, 1.54) is 12.1 Å². The predicted molar refractivity (Wildman–Crippen MR) is 156 cm³/mol. The zero-order chi connectivity index (χ0) is 29.7. The van der Waals surface area contributed by atoms with E-state index in [1.807, 2.05) is 42.2 Å². The average Bonchev–Trinajstić information content (AvgIpc) is 3.65. The summed E-state index contributed by atoms with van der Waals surface area (Å²) in [4.78, 5) is 19.1. The maximum absolute atomic E-state index is 13.1. The van der Waals surface area contributed by atoms with Crippen LogP contribution in [0.15, 0.2) is 71.9 Å². The number of nitrogens with zero attached hydrogens (tertiary/aromatic N) is 3. The van der Waals surface area contributed by atoms with Crippen LogP contribution in [0.2, 0.25) is 0 Å². The molecule has 220 valence electrons.